The lowest BCUT2D eigenvalue weighted by molar-refractivity contribution is -0.512. The van der Waals surface area contributed by atoms with E-state index in [9.17, 15) is 15.3 Å². The Hall–Kier alpha value is -2.75. The minimum Gasteiger partial charge on any atom is -0.714 e. The summed E-state index contributed by atoms with van der Waals surface area (Å²) in [7, 11) is 0. The first-order valence-corrected chi connectivity index (χ1v) is 5.46. The third-order valence-corrected chi connectivity index (χ3v) is 2.92. The molecule has 7 heteroatoms. The summed E-state index contributed by atoms with van der Waals surface area (Å²) < 4.78 is 0.602. The number of rotatable bonds is 2. The fraction of sp³-hybridized carbons (Fsp3) is 0.250. The fourth-order valence-corrected chi connectivity index (χ4v) is 1.75. The second kappa shape index (κ2) is 4.17. The van der Waals surface area contributed by atoms with Crippen LogP contribution in [-0.2, 0) is 0 Å². The number of hydroxylamine groups is 1. The van der Waals surface area contributed by atoms with Crippen molar-refractivity contribution in [3.63, 3.8) is 0 Å². The topological polar surface area (TPSA) is 105 Å². The van der Waals surface area contributed by atoms with Crippen molar-refractivity contribution in [1.82, 2.24) is 0 Å². The Bertz CT molecular complexity index is 668. The van der Waals surface area contributed by atoms with Gasteiger partial charge in [0.05, 0.1) is 10.5 Å². The van der Waals surface area contributed by atoms with Crippen molar-refractivity contribution in [2.75, 3.05) is 0 Å². The van der Waals surface area contributed by atoms with Crippen molar-refractivity contribution in [2.24, 2.45) is 4.99 Å². The normalized spacial score (nSPS) is 17.0. The highest BCUT2D eigenvalue weighted by molar-refractivity contribution is 6.16. The standard InChI is InChI=1S/C12H10N4O3/c1-12(2)10(7-13)14-11(15(12)17)8-4-3-5-9(6-8)16(18)19/h3-6H,1-2H3. The Morgan fingerprint density at radius 2 is 2.16 bits per heavy atom. The number of non-ortho nitro benzene ring substituents is 1. The maximum absolute atomic E-state index is 12.1. The minimum atomic E-state index is -1.06. The van der Waals surface area contributed by atoms with E-state index in [2.05, 4.69) is 4.99 Å². The van der Waals surface area contributed by atoms with Crippen LogP contribution in [0.5, 0.6) is 0 Å². The number of hydrogen-bond acceptors (Lipinski definition) is 5. The quantitative estimate of drug-likeness (QED) is 0.347. The molecule has 0 amide bonds. The third kappa shape index (κ3) is 1.93. The van der Waals surface area contributed by atoms with E-state index >= 15 is 0 Å². The first-order valence-electron chi connectivity index (χ1n) is 5.46. The molecule has 0 unspecified atom stereocenters. The van der Waals surface area contributed by atoms with Crippen LogP contribution < -0.4 is 0 Å². The van der Waals surface area contributed by atoms with E-state index in [1.165, 1.54) is 18.2 Å². The first-order chi connectivity index (χ1) is 8.87. The van der Waals surface area contributed by atoms with Crippen LogP contribution in [0.3, 0.4) is 0 Å². The van der Waals surface area contributed by atoms with E-state index in [1.54, 1.807) is 19.9 Å². The van der Waals surface area contributed by atoms with Crippen molar-refractivity contribution in [2.45, 2.75) is 19.4 Å². The molecule has 1 heterocycles. The van der Waals surface area contributed by atoms with Gasteiger partial charge >= 0.3 is 5.84 Å². The van der Waals surface area contributed by atoms with Crippen LogP contribution in [0.25, 0.3) is 0 Å². The first kappa shape index (κ1) is 12.7. The molecule has 0 atom stereocenters. The predicted octanol–water partition coefficient (Wildman–Crippen LogP) is 1.61. The summed E-state index contributed by atoms with van der Waals surface area (Å²) in [6.07, 6.45) is 0. The molecule has 1 aliphatic rings. The minimum absolute atomic E-state index is 0.0188. The Kier molecular flexibility index (Phi) is 2.79. The average molecular weight is 258 g/mol. The molecule has 0 bridgehead atoms. The lowest BCUT2D eigenvalue weighted by atomic mass is 10.0. The van der Waals surface area contributed by atoms with Gasteiger partial charge in [-0.2, -0.15) is 5.26 Å². The highest BCUT2D eigenvalue weighted by Crippen LogP contribution is 2.22. The van der Waals surface area contributed by atoms with Gasteiger partial charge in [0.15, 0.2) is 5.54 Å². The van der Waals surface area contributed by atoms with Crippen LogP contribution in [0, 0.1) is 26.7 Å². The largest absolute Gasteiger partial charge is 0.714 e. The van der Waals surface area contributed by atoms with Crippen LogP contribution in [0.15, 0.2) is 29.3 Å². The van der Waals surface area contributed by atoms with E-state index in [-0.39, 0.29) is 17.2 Å². The van der Waals surface area contributed by atoms with Gasteiger partial charge in [0.1, 0.15) is 6.07 Å². The number of nitro groups is 1. The lowest BCUT2D eigenvalue weighted by Crippen LogP contribution is -2.37. The summed E-state index contributed by atoms with van der Waals surface area (Å²) in [5, 5.41) is 31.8. The van der Waals surface area contributed by atoms with Gasteiger partial charge in [-0.15, -0.1) is 0 Å². The van der Waals surface area contributed by atoms with E-state index < -0.39 is 10.5 Å². The van der Waals surface area contributed by atoms with Crippen LogP contribution in [-0.4, -0.2) is 26.7 Å². The number of nitrogens with zero attached hydrogens (tertiary/aromatic N) is 4. The summed E-state index contributed by atoms with van der Waals surface area (Å²) in [6, 6.07) is 7.49. The van der Waals surface area contributed by atoms with Crippen LogP contribution in [0.2, 0.25) is 0 Å². The van der Waals surface area contributed by atoms with Crippen molar-refractivity contribution in [1.29, 1.82) is 5.26 Å². The zero-order chi connectivity index (χ0) is 14.2. The van der Waals surface area contributed by atoms with Gasteiger partial charge in [-0.25, -0.2) is 4.74 Å². The van der Waals surface area contributed by atoms with Crippen molar-refractivity contribution >= 4 is 17.2 Å². The highest BCUT2D eigenvalue weighted by atomic mass is 16.6. The van der Waals surface area contributed by atoms with E-state index in [1.807, 2.05) is 6.07 Å². The van der Waals surface area contributed by atoms with Crippen molar-refractivity contribution in [3.05, 3.63) is 45.2 Å². The predicted molar refractivity (Wildman–Crippen MR) is 68.0 cm³/mol. The maximum atomic E-state index is 12.1. The van der Waals surface area contributed by atoms with Gasteiger partial charge in [0.25, 0.3) is 11.4 Å². The molecule has 0 radical (unpaired) electrons. The second-order valence-corrected chi connectivity index (χ2v) is 4.56. The molecule has 0 spiro atoms. The molecule has 19 heavy (non-hydrogen) atoms. The molecule has 0 aliphatic carbocycles. The zero-order valence-electron chi connectivity index (χ0n) is 10.3. The molecule has 0 saturated carbocycles. The molecule has 0 saturated heterocycles. The highest BCUT2D eigenvalue weighted by Gasteiger charge is 2.42. The molecule has 7 nitrogen and oxygen atoms in total. The maximum Gasteiger partial charge on any atom is 0.331 e. The summed E-state index contributed by atoms with van der Waals surface area (Å²) in [6.45, 7) is 3.15. The molecule has 0 aromatic heterocycles. The second-order valence-electron chi connectivity index (χ2n) is 4.56. The van der Waals surface area contributed by atoms with Crippen molar-refractivity contribution < 1.29 is 9.66 Å². The van der Waals surface area contributed by atoms with Gasteiger partial charge in [0, 0.05) is 12.1 Å². The molecular formula is C12H10N4O3. The molecule has 1 aromatic rings. The van der Waals surface area contributed by atoms with Gasteiger partial charge in [0.2, 0.25) is 0 Å². The number of benzene rings is 1. The smallest absolute Gasteiger partial charge is 0.331 e. The van der Waals surface area contributed by atoms with Gasteiger partial charge in [-0.05, 0) is 24.9 Å². The van der Waals surface area contributed by atoms with Gasteiger partial charge < -0.3 is 5.21 Å². The Labute approximate surface area is 108 Å². The van der Waals surface area contributed by atoms with E-state index in [4.69, 9.17) is 5.26 Å². The molecule has 1 aromatic carbocycles. The van der Waals surface area contributed by atoms with Crippen LogP contribution >= 0.6 is 0 Å². The summed E-state index contributed by atoms with van der Waals surface area (Å²) in [5.74, 6) is 0.0188. The Balaban J connectivity index is 2.57. The number of amidine groups is 1. The van der Waals surface area contributed by atoms with Crippen LogP contribution in [0.1, 0.15) is 19.4 Å². The average Bonchev–Trinajstić information content (AvgIpc) is 2.61. The fourth-order valence-electron chi connectivity index (χ4n) is 1.75. The molecule has 0 N–H and O–H groups in total. The molecule has 0 fully saturated rings. The molecule has 96 valence electrons. The lowest BCUT2D eigenvalue weighted by Gasteiger charge is -2.21. The zero-order valence-corrected chi connectivity index (χ0v) is 10.3. The Morgan fingerprint density at radius 3 is 2.68 bits per heavy atom. The Morgan fingerprint density at radius 1 is 1.47 bits per heavy atom. The summed E-state index contributed by atoms with van der Waals surface area (Å²) >= 11 is 0. The van der Waals surface area contributed by atoms with Crippen LogP contribution in [0.4, 0.5) is 5.69 Å². The molecular weight excluding hydrogens is 248 g/mol. The number of aliphatic imine (C=N–C) groups is 1. The summed E-state index contributed by atoms with van der Waals surface area (Å²) in [4.78, 5) is 14.1. The number of hydrogen-bond donors (Lipinski definition) is 0. The third-order valence-electron chi connectivity index (χ3n) is 2.92. The van der Waals surface area contributed by atoms with E-state index in [0.29, 0.717) is 10.3 Å². The SMILES string of the molecule is CC1(C)C(C#N)=NC(c2cccc([N+](=O)[O-])c2)=[N+]1[O-]. The number of nitro benzene ring substituents is 1. The number of nitriles is 1. The van der Waals surface area contributed by atoms with Crippen molar-refractivity contribution in [3.8, 4) is 6.07 Å². The van der Waals surface area contributed by atoms with Gasteiger partial charge in [-0.3, -0.25) is 10.1 Å². The van der Waals surface area contributed by atoms with Gasteiger partial charge in [-0.1, -0.05) is 6.07 Å². The summed E-state index contributed by atoms with van der Waals surface area (Å²) in [5.41, 5.74) is -0.780. The monoisotopic (exact) mass is 258 g/mol. The molecule has 2 rings (SSSR count). The molecule has 1 aliphatic heterocycles. The van der Waals surface area contributed by atoms with E-state index in [0.717, 1.165) is 0 Å².